The molecule has 1 fully saturated rings. The van der Waals surface area contributed by atoms with Crippen LogP contribution in [0.3, 0.4) is 0 Å². The molecule has 0 heterocycles. The predicted octanol–water partition coefficient (Wildman–Crippen LogP) is 3.30. The second-order valence-electron chi connectivity index (χ2n) is 6.20. The molecule has 0 unspecified atom stereocenters. The van der Waals surface area contributed by atoms with Gasteiger partial charge in [0, 0.05) is 12.6 Å². The first-order chi connectivity index (χ1) is 11.0. The maximum Gasteiger partial charge on any atom is 0.255 e. The van der Waals surface area contributed by atoms with Gasteiger partial charge in [-0.3, -0.25) is 4.79 Å². The second-order valence-corrected chi connectivity index (χ2v) is 6.61. The van der Waals surface area contributed by atoms with Crippen molar-refractivity contribution in [2.24, 2.45) is 11.7 Å². The molecule has 0 atom stereocenters. The molecule has 1 saturated carbocycles. The molecule has 5 nitrogen and oxygen atoms in total. The molecular formula is C17H26Cl2N2O3. The molecule has 0 spiro atoms. The Kier molecular flexibility index (Phi) is 8.67. The molecule has 7 heteroatoms. The summed E-state index contributed by atoms with van der Waals surface area (Å²) in [5, 5.41) is 3.99. The number of carbonyl (C=O) groups is 1. The summed E-state index contributed by atoms with van der Waals surface area (Å²) in [4.78, 5) is 10.9. The van der Waals surface area contributed by atoms with E-state index in [1.807, 2.05) is 12.1 Å². The monoisotopic (exact) mass is 376 g/mol. The average Bonchev–Trinajstić information content (AvgIpc) is 2.52. The van der Waals surface area contributed by atoms with E-state index in [-0.39, 0.29) is 19.0 Å². The smallest absolute Gasteiger partial charge is 0.255 e. The Hall–Kier alpha value is -1.17. The number of carbonyl (C=O) groups excluding carboxylic acids is 1. The molecule has 2 rings (SSSR count). The summed E-state index contributed by atoms with van der Waals surface area (Å²) >= 11 is 6.25. The maximum absolute atomic E-state index is 10.9. The number of hydrogen-bond acceptors (Lipinski definition) is 4. The summed E-state index contributed by atoms with van der Waals surface area (Å²) in [6, 6.07) is 4.27. The van der Waals surface area contributed by atoms with E-state index >= 15 is 0 Å². The number of primary amides is 1. The third kappa shape index (κ3) is 6.04. The van der Waals surface area contributed by atoms with Crippen molar-refractivity contribution >= 4 is 29.9 Å². The minimum Gasteiger partial charge on any atom is -0.493 e. The normalized spacial score (nSPS) is 20.1. The first kappa shape index (κ1) is 20.9. The number of hydrogen-bond donors (Lipinski definition) is 2. The molecule has 0 radical (unpaired) electrons. The fourth-order valence-corrected chi connectivity index (χ4v) is 3.17. The lowest BCUT2D eigenvalue weighted by Crippen LogP contribution is -2.32. The van der Waals surface area contributed by atoms with Gasteiger partial charge in [-0.15, -0.1) is 12.4 Å². The highest BCUT2D eigenvalue weighted by Crippen LogP contribution is 2.36. The standard InChI is InChI=1S/C17H25ClN2O3.ClH/c1-11-3-5-13(6-4-11)20-9-12-7-14(18)17(15(8-12)22-2)23-10-16(19)21;/h7-8,11,13,20H,3-6,9-10H2,1-2H3,(H2,19,21);1H. The molecular weight excluding hydrogens is 351 g/mol. The Labute approximate surface area is 154 Å². The summed E-state index contributed by atoms with van der Waals surface area (Å²) < 4.78 is 10.6. The van der Waals surface area contributed by atoms with Gasteiger partial charge in [-0.2, -0.15) is 0 Å². The minimum absolute atomic E-state index is 0. The van der Waals surface area contributed by atoms with Crippen LogP contribution in [0.5, 0.6) is 11.5 Å². The van der Waals surface area contributed by atoms with Gasteiger partial charge in [-0.05, 0) is 49.3 Å². The van der Waals surface area contributed by atoms with Crippen molar-refractivity contribution in [1.82, 2.24) is 5.32 Å². The number of nitrogens with one attached hydrogen (secondary N) is 1. The van der Waals surface area contributed by atoms with Crippen LogP contribution < -0.4 is 20.5 Å². The molecule has 0 aliphatic heterocycles. The Bertz CT molecular complexity index is 547. The summed E-state index contributed by atoms with van der Waals surface area (Å²) in [6.45, 7) is 2.81. The molecule has 1 aliphatic carbocycles. The summed E-state index contributed by atoms with van der Waals surface area (Å²) in [7, 11) is 1.54. The lowest BCUT2D eigenvalue weighted by Gasteiger charge is -2.27. The van der Waals surface area contributed by atoms with E-state index < -0.39 is 5.91 Å². The molecule has 3 N–H and O–H groups in total. The predicted molar refractivity (Wildman–Crippen MR) is 98.2 cm³/mol. The largest absolute Gasteiger partial charge is 0.493 e. The third-order valence-electron chi connectivity index (χ3n) is 4.26. The number of rotatable bonds is 7. The lowest BCUT2D eigenvalue weighted by atomic mass is 9.87. The van der Waals surface area contributed by atoms with Crippen molar-refractivity contribution in [1.29, 1.82) is 0 Å². The fourth-order valence-electron chi connectivity index (χ4n) is 2.89. The zero-order chi connectivity index (χ0) is 16.8. The third-order valence-corrected chi connectivity index (χ3v) is 4.54. The summed E-state index contributed by atoms with van der Waals surface area (Å²) in [5.41, 5.74) is 6.12. The Morgan fingerprint density at radius 3 is 2.58 bits per heavy atom. The fraction of sp³-hybridized carbons (Fsp3) is 0.588. The quantitative estimate of drug-likeness (QED) is 0.765. The lowest BCUT2D eigenvalue weighted by molar-refractivity contribution is -0.119. The Balaban J connectivity index is 0.00000288. The molecule has 0 saturated heterocycles. The van der Waals surface area contributed by atoms with Crippen molar-refractivity contribution in [3.63, 3.8) is 0 Å². The van der Waals surface area contributed by atoms with Gasteiger partial charge in [0.05, 0.1) is 12.1 Å². The highest BCUT2D eigenvalue weighted by atomic mass is 35.5. The second kappa shape index (κ2) is 9.97. The van der Waals surface area contributed by atoms with Crippen LogP contribution in [0, 0.1) is 5.92 Å². The SMILES string of the molecule is COc1cc(CNC2CCC(C)CC2)cc(Cl)c1OCC(N)=O.Cl. The van der Waals surface area contributed by atoms with E-state index in [1.54, 1.807) is 7.11 Å². The van der Waals surface area contributed by atoms with E-state index in [1.165, 1.54) is 25.7 Å². The molecule has 0 bridgehead atoms. The molecule has 1 aliphatic rings. The van der Waals surface area contributed by atoms with Crippen LogP contribution >= 0.6 is 24.0 Å². The van der Waals surface area contributed by atoms with Gasteiger partial charge in [-0.1, -0.05) is 18.5 Å². The van der Waals surface area contributed by atoms with Crippen LogP contribution in [-0.4, -0.2) is 25.7 Å². The zero-order valence-electron chi connectivity index (χ0n) is 14.1. The number of nitrogens with two attached hydrogens (primary N) is 1. The van der Waals surface area contributed by atoms with Crippen molar-refractivity contribution in [2.45, 2.75) is 45.2 Å². The van der Waals surface area contributed by atoms with E-state index in [2.05, 4.69) is 12.2 Å². The van der Waals surface area contributed by atoms with Gasteiger partial charge in [0.25, 0.3) is 5.91 Å². The summed E-state index contributed by atoms with van der Waals surface area (Å²) in [5.74, 6) is 1.14. The van der Waals surface area contributed by atoms with Crippen molar-refractivity contribution in [2.75, 3.05) is 13.7 Å². The van der Waals surface area contributed by atoms with E-state index in [0.717, 1.165) is 18.0 Å². The van der Waals surface area contributed by atoms with Crippen LogP contribution in [0.2, 0.25) is 5.02 Å². The number of halogens is 2. The van der Waals surface area contributed by atoms with Crippen molar-refractivity contribution in [3.05, 3.63) is 22.7 Å². The number of benzene rings is 1. The van der Waals surface area contributed by atoms with Gasteiger partial charge >= 0.3 is 0 Å². The van der Waals surface area contributed by atoms with E-state index in [4.69, 9.17) is 26.8 Å². The summed E-state index contributed by atoms with van der Waals surface area (Å²) in [6.07, 6.45) is 4.99. The van der Waals surface area contributed by atoms with Crippen LogP contribution in [0.1, 0.15) is 38.2 Å². The first-order valence-electron chi connectivity index (χ1n) is 8.00. The number of ether oxygens (including phenoxy) is 2. The minimum atomic E-state index is -0.555. The van der Waals surface area contributed by atoms with Crippen LogP contribution in [0.15, 0.2) is 12.1 Å². The highest BCUT2D eigenvalue weighted by molar-refractivity contribution is 6.32. The van der Waals surface area contributed by atoms with Crippen LogP contribution in [-0.2, 0) is 11.3 Å². The molecule has 1 amide bonds. The van der Waals surface area contributed by atoms with Gasteiger partial charge in [0.2, 0.25) is 0 Å². The van der Waals surface area contributed by atoms with Gasteiger partial charge in [-0.25, -0.2) is 0 Å². The van der Waals surface area contributed by atoms with Gasteiger partial charge in [0.15, 0.2) is 18.1 Å². The van der Waals surface area contributed by atoms with Crippen LogP contribution in [0.4, 0.5) is 0 Å². The molecule has 1 aromatic rings. The van der Waals surface area contributed by atoms with Crippen LogP contribution in [0.25, 0.3) is 0 Å². The molecule has 0 aromatic heterocycles. The topological polar surface area (TPSA) is 73.6 Å². The van der Waals surface area contributed by atoms with Gasteiger partial charge in [0.1, 0.15) is 0 Å². The molecule has 136 valence electrons. The zero-order valence-corrected chi connectivity index (χ0v) is 15.7. The Morgan fingerprint density at radius 2 is 2.00 bits per heavy atom. The van der Waals surface area contributed by atoms with Gasteiger partial charge < -0.3 is 20.5 Å². The Morgan fingerprint density at radius 1 is 1.33 bits per heavy atom. The maximum atomic E-state index is 10.9. The molecule has 1 aromatic carbocycles. The van der Waals surface area contributed by atoms with Crippen molar-refractivity contribution in [3.8, 4) is 11.5 Å². The number of methoxy groups -OCH3 is 1. The van der Waals surface area contributed by atoms with E-state index in [9.17, 15) is 4.79 Å². The highest BCUT2D eigenvalue weighted by Gasteiger charge is 2.18. The van der Waals surface area contributed by atoms with E-state index in [0.29, 0.717) is 22.6 Å². The molecule has 24 heavy (non-hydrogen) atoms. The van der Waals surface area contributed by atoms with Crippen molar-refractivity contribution < 1.29 is 14.3 Å². The number of amides is 1. The average molecular weight is 377 g/mol. The first-order valence-corrected chi connectivity index (χ1v) is 8.38.